The quantitative estimate of drug-likeness (QED) is 0.929. The second-order valence-electron chi connectivity index (χ2n) is 7.37. The van der Waals surface area contributed by atoms with E-state index in [4.69, 9.17) is 0 Å². The number of rotatable bonds is 4. The smallest absolute Gasteiger partial charge is 0.257 e. The van der Waals surface area contributed by atoms with E-state index in [9.17, 15) is 9.90 Å². The van der Waals surface area contributed by atoms with Crippen LogP contribution < -0.4 is 0 Å². The van der Waals surface area contributed by atoms with Crippen molar-refractivity contribution in [1.82, 2.24) is 9.80 Å². The van der Waals surface area contributed by atoms with Gasteiger partial charge in [0.2, 0.25) is 0 Å². The van der Waals surface area contributed by atoms with Crippen LogP contribution in [-0.2, 0) is 0 Å². The maximum absolute atomic E-state index is 12.8. The first-order valence-electron chi connectivity index (χ1n) is 8.87. The van der Waals surface area contributed by atoms with Crippen LogP contribution in [0.25, 0.3) is 0 Å². The van der Waals surface area contributed by atoms with Crippen LogP contribution in [0.2, 0.25) is 0 Å². The Bertz CT molecular complexity index is 554. The van der Waals surface area contributed by atoms with Gasteiger partial charge in [-0.05, 0) is 43.2 Å². The van der Waals surface area contributed by atoms with Crippen LogP contribution in [0.4, 0.5) is 0 Å². The van der Waals surface area contributed by atoms with Gasteiger partial charge in [0.1, 0.15) is 5.75 Å². The lowest BCUT2D eigenvalue weighted by molar-refractivity contribution is 0.0701. The Morgan fingerprint density at radius 3 is 2.65 bits per heavy atom. The summed E-state index contributed by atoms with van der Waals surface area (Å²) in [6.07, 6.45) is 3.74. The summed E-state index contributed by atoms with van der Waals surface area (Å²) in [5.41, 5.74) is 0.422. The third-order valence-corrected chi connectivity index (χ3v) is 5.13. The Morgan fingerprint density at radius 1 is 1.26 bits per heavy atom. The predicted molar refractivity (Wildman–Crippen MR) is 91.6 cm³/mol. The topological polar surface area (TPSA) is 43.8 Å². The normalized spacial score (nSPS) is 23.1. The SMILES string of the molecule is CC(C)[C@@H]1CN(C(=O)c2ccccc2O)CCCN1CC1CC1. The van der Waals surface area contributed by atoms with Crippen molar-refractivity contribution >= 4 is 5.91 Å². The maximum atomic E-state index is 12.8. The Kier molecular flexibility index (Phi) is 4.90. The van der Waals surface area contributed by atoms with Gasteiger partial charge in [0.25, 0.3) is 5.91 Å². The zero-order chi connectivity index (χ0) is 16.4. The first kappa shape index (κ1) is 16.3. The highest BCUT2D eigenvalue weighted by Gasteiger charge is 2.33. The summed E-state index contributed by atoms with van der Waals surface area (Å²) < 4.78 is 0. The van der Waals surface area contributed by atoms with E-state index in [2.05, 4.69) is 18.7 Å². The molecule has 1 aromatic carbocycles. The van der Waals surface area contributed by atoms with Crippen LogP contribution >= 0.6 is 0 Å². The Hall–Kier alpha value is -1.55. The largest absolute Gasteiger partial charge is 0.507 e. The van der Waals surface area contributed by atoms with Crippen molar-refractivity contribution in [2.24, 2.45) is 11.8 Å². The molecule has 1 heterocycles. The molecule has 1 amide bonds. The van der Waals surface area contributed by atoms with Crippen LogP contribution in [0.5, 0.6) is 5.75 Å². The second-order valence-corrected chi connectivity index (χ2v) is 7.37. The van der Waals surface area contributed by atoms with E-state index in [1.165, 1.54) is 19.4 Å². The molecule has 126 valence electrons. The zero-order valence-corrected chi connectivity index (χ0v) is 14.2. The summed E-state index contributed by atoms with van der Waals surface area (Å²) in [6, 6.07) is 7.28. The molecule has 4 heteroatoms. The molecule has 1 atom stereocenters. The molecule has 0 radical (unpaired) electrons. The first-order chi connectivity index (χ1) is 11.1. The van der Waals surface area contributed by atoms with E-state index >= 15 is 0 Å². The lowest BCUT2D eigenvalue weighted by Gasteiger charge is -2.34. The molecule has 4 nitrogen and oxygen atoms in total. The lowest BCUT2D eigenvalue weighted by Crippen LogP contribution is -2.46. The van der Waals surface area contributed by atoms with E-state index in [0.717, 1.165) is 32.0 Å². The lowest BCUT2D eigenvalue weighted by atomic mass is 10.0. The minimum Gasteiger partial charge on any atom is -0.507 e. The summed E-state index contributed by atoms with van der Waals surface area (Å²) >= 11 is 0. The molecule has 1 aromatic rings. The van der Waals surface area contributed by atoms with Gasteiger partial charge in [-0.3, -0.25) is 9.69 Å². The van der Waals surface area contributed by atoms with Crippen molar-refractivity contribution in [2.45, 2.75) is 39.2 Å². The minimum atomic E-state index is -0.0398. The van der Waals surface area contributed by atoms with E-state index in [0.29, 0.717) is 17.5 Å². The molecule has 1 N–H and O–H groups in total. The molecule has 1 aliphatic carbocycles. The maximum Gasteiger partial charge on any atom is 0.257 e. The Morgan fingerprint density at radius 2 is 2.00 bits per heavy atom. The molecule has 3 rings (SSSR count). The standard InChI is InChI=1S/C19H28N2O2/c1-14(2)17-13-21(11-5-10-20(17)12-15-8-9-15)19(23)16-6-3-4-7-18(16)22/h3-4,6-7,14-15,17,22H,5,8-13H2,1-2H3/t17-/m0/s1. The van der Waals surface area contributed by atoms with Crippen molar-refractivity contribution < 1.29 is 9.90 Å². The van der Waals surface area contributed by atoms with Gasteiger partial charge in [0.15, 0.2) is 0 Å². The van der Waals surface area contributed by atoms with E-state index < -0.39 is 0 Å². The van der Waals surface area contributed by atoms with Gasteiger partial charge in [-0.2, -0.15) is 0 Å². The number of benzene rings is 1. The highest BCUT2D eigenvalue weighted by Crippen LogP contribution is 2.32. The summed E-state index contributed by atoms with van der Waals surface area (Å²) in [6.45, 7) is 8.29. The third kappa shape index (κ3) is 3.86. The molecule has 0 aromatic heterocycles. The third-order valence-electron chi connectivity index (χ3n) is 5.13. The number of amides is 1. The van der Waals surface area contributed by atoms with Crippen molar-refractivity contribution in [1.29, 1.82) is 0 Å². The molecule has 1 saturated heterocycles. The van der Waals surface area contributed by atoms with Gasteiger partial charge in [-0.15, -0.1) is 0 Å². The number of nitrogens with zero attached hydrogens (tertiary/aromatic N) is 2. The second kappa shape index (κ2) is 6.91. The fourth-order valence-electron chi connectivity index (χ4n) is 3.56. The fourth-order valence-corrected chi connectivity index (χ4v) is 3.56. The molecule has 1 saturated carbocycles. The molecule has 2 aliphatic rings. The molecular formula is C19H28N2O2. The van der Waals surface area contributed by atoms with Crippen LogP contribution in [0.3, 0.4) is 0 Å². The van der Waals surface area contributed by atoms with E-state index in [-0.39, 0.29) is 11.7 Å². The molecule has 23 heavy (non-hydrogen) atoms. The molecular weight excluding hydrogens is 288 g/mol. The van der Waals surface area contributed by atoms with Crippen LogP contribution in [0.15, 0.2) is 24.3 Å². The fraction of sp³-hybridized carbons (Fsp3) is 0.632. The van der Waals surface area contributed by atoms with Gasteiger partial charge in [0.05, 0.1) is 5.56 Å². The predicted octanol–water partition coefficient (Wildman–Crippen LogP) is 2.97. The van der Waals surface area contributed by atoms with Crippen molar-refractivity contribution in [3.05, 3.63) is 29.8 Å². The van der Waals surface area contributed by atoms with Gasteiger partial charge >= 0.3 is 0 Å². The number of hydrogen-bond donors (Lipinski definition) is 1. The molecule has 0 unspecified atom stereocenters. The van der Waals surface area contributed by atoms with Gasteiger partial charge < -0.3 is 10.0 Å². The number of phenolic OH excluding ortho intramolecular Hbond substituents is 1. The number of phenols is 1. The average Bonchev–Trinajstić information content (AvgIpc) is 3.34. The number of carbonyl (C=O) groups excluding carboxylic acids is 1. The summed E-state index contributed by atoms with van der Waals surface area (Å²) in [4.78, 5) is 17.4. The monoisotopic (exact) mass is 316 g/mol. The van der Waals surface area contributed by atoms with Crippen molar-refractivity contribution in [3.8, 4) is 5.75 Å². The van der Waals surface area contributed by atoms with Crippen molar-refractivity contribution in [2.75, 3.05) is 26.2 Å². The van der Waals surface area contributed by atoms with Gasteiger partial charge in [0, 0.05) is 32.2 Å². The average molecular weight is 316 g/mol. The molecule has 2 fully saturated rings. The number of hydrogen-bond acceptors (Lipinski definition) is 3. The Balaban J connectivity index is 1.75. The molecule has 0 spiro atoms. The Labute approximate surface area is 139 Å². The molecule has 0 bridgehead atoms. The van der Waals surface area contributed by atoms with Gasteiger partial charge in [-0.1, -0.05) is 26.0 Å². The number of para-hydroxylation sites is 1. The number of carbonyl (C=O) groups is 1. The zero-order valence-electron chi connectivity index (χ0n) is 14.2. The summed E-state index contributed by atoms with van der Waals surface area (Å²) in [7, 11) is 0. The molecule has 1 aliphatic heterocycles. The van der Waals surface area contributed by atoms with Crippen molar-refractivity contribution in [3.63, 3.8) is 0 Å². The first-order valence-corrected chi connectivity index (χ1v) is 8.87. The summed E-state index contributed by atoms with van der Waals surface area (Å²) in [5, 5.41) is 9.98. The number of aromatic hydroxyl groups is 1. The minimum absolute atomic E-state index is 0.0398. The van der Waals surface area contributed by atoms with Gasteiger partial charge in [-0.25, -0.2) is 0 Å². The highest BCUT2D eigenvalue weighted by atomic mass is 16.3. The van der Waals surface area contributed by atoms with Crippen LogP contribution in [0.1, 0.15) is 43.5 Å². The van der Waals surface area contributed by atoms with Crippen LogP contribution in [0, 0.1) is 11.8 Å². The highest BCUT2D eigenvalue weighted by molar-refractivity contribution is 5.96. The van der Waals surface area contributed by atoms with E-state index in [1.54, 1.807) is 18.2 Å². The van der Waals surface area contributed by atoms with Crippen LogP contribution in [-0.4, -0.2) is 53.0 Å². The van der Waals surface area contributed by atoms with E-state index in [1.807, 2.05) is 11.0 Å². The summed E-state index contributed by atoms with van der Waals surface area (Å²) in [5.74, 6) is 1.43.